The molecule has 3 heteroatoms. The number of nitrogens with zero attached hydrogens (tertiary/aromatic N) is 3. The molecule has 0 N–H and O–H groups in total. The van der Waals surface area contributed by atoms with Crippen LogP contribution in [0.25, 0.3) is 82.6 Å². The molecule has 3 nitrogen and oxygen atoms in total. The van der Waals surface area contributed by atoms with Crippen molar-refractivity contribution in [3.05, 3.63) is 184 Å². The van der Waals surface area contributed by atoms with E-state index in [0.29, 0.717) is 0 Å². The molecular weight excluding hydrogens is 811 g/mol. The van der Waals surface area contributed by atoms with Crippen LogP contribution in [0.3, 0.4) is 0 Å². The third kappa shape index (κ3) is 4.51. The minimum absolute atomic E-state index is 0.0593. The zero-order valence-electron chi connectivity index (χ0n) is 39.9. The van der Waals surface area contributed by atoms with E-state index in [4.69, 9.17) is 9.97 Å². The molecule has 5 aromatic carbocycles. The largest absolute Gasteiger partial charge is 0.304 e. The summed E-state index contributed by atoms with van der Waals surface area (Å²) in [6, 6.07) is 39.7. The molecule has 1 spiro atoms. The molecule has 0 saturated carbocycles. The number of rotatable bonds is 0. The Bertz CT molecular complexity index is 3880. The SMILES string of the molecule is CC1(C)CCC(C)(C)c2c1nc1c3c2c2cc4c(c5c6c7c(nc(c6n3c25)C23C=CC=CC(=C2)C1c1ccccc13)C(C)(C)CCC7(C)C)-c1ccccc1-c1ccccc1-c1ccccc1-4. The molecule has 0 amide bonds. The minimum Gasteiger partial charge on any atom is -0.304 e. The van der Waals surface area contributed by atoms with Crippen LogP contribution in [0.5, 0.6) is 0 Å². The van der Waals surface area contributed by atoms with Gasteiger partial charge in [-0.1, -0.05) is 183 Å². The van der Waals surface area contributed by atoms with Gasteiger partial charge >= 0.3 is 0 Å². The third-order valence-corrected chi connectivity index (χ3v) is 18.0. The molecule has 2 atom stereocenters. The quantitative estimate of drug-likeness (QED) is 0.152. The molecule has 6 aliphatic rings. The van der Waals surface area contributed by atoms with Crippen molar-refractivity contribution in [3.63, 3.8) is 0 Å². The van der Waals surface area contributed by atoms with Crippen LogP contribution < -0.4 is 0 Å². The normalized spacial score (nSPS) is 22.4. The topological polar surface area (TPSA) is 30.2 Å². The zero-order valence-corrected chi connectivity index (χ0v) is 39.9. The highest BCUT2D eigenvalue weighted by molar-refractivity contribution is 6.32. The summed E-state index contributed by atoms with van der Waals surface area (Å²) < 4.78 is 2.78. The summed E-state index contributed by atoms with van der Waals surface area (Å²) in [7, 11) is 0. The van der Waals surface area contributed by atoms with Gasteiger partial charge in [0.1, 0.15) is 0 Å². The Kier molecular flexibility index (Phi) is 6.96. The lowest BCUT2D eigenvalue weighted by molar-refractivity contribution is 0.325. The predicted molar refractivity (Wildman–Crippen MR) is 278 cm³/mol. The van der Waals surface area contributed by atoms with Crippen LogP contribution >= 0.6 is 0 Å². The van der Waals surface area contributed by atoms with Crippen molar-refractivity contribution in [2.75, 3.05) is 0 Å². The van der Waals surface area contributed by atoms with E-state index >= 15 is 0 Å². The monoisotopic (exact) mass is 865 g/mol. The maximum atomic E-state index is 6.31. The maximum absolute atomic E-state index is 6.31. The second-order valence-corrected chi connectivity index (χ2v) is 23.7. The van der Waals surface area contributed by atoms with Crippen molar-refractivity contribution in [3.8, 4) is 44.5 Å². The molecule has 5 heterocycles. The molecular formula is C64H55N3. The second kappa shape index (κ2) is 12.1. The first-order valence-electron chi connectivity index (χ1n) is 24.9. The van der Waals surface area contributed by atoms with Gasteiger partial charge in [-0.3, -0.25) is 9.97 Å². The number of hydrogen-bond acceptors (Lipinski definition) is 2. The lowest BCUT2D eigenvalue weighted by atomic mass is 9.62. The molecule has 0 fully saturated rings. The van der Waals surface area contributed by atoms with Gasteiger partial charge in [0, 0.05) is 37.9 Å². The van der Waals surface area contributed by atoms with Crippen LogP contribution in [0.2, 0.25) is 0 Å². The van der Waals surface area contributed by atoms with E-state index < -0.39 is 5.41 Å². The highest BCUT2D eigenvalue weighted by atomic mass is 15.0. The molecule has 67 heavy (non-hydrogen) atoms. The summed E-state index contributed by atoms with van der Waals surface area (Å²) in [5.74, 6) is -0.0593. The summed E-state index contributed by atoms with van der Waals surface area (Å²) >= 11 is 0. The van der Waals surface area contributed by atoms with E-state index in [0.717, 1.165) is 31.4 Å². The van der Waals surface area contributed by atoms with E-state index in [1.54, 1.807) is 0 Å². The van der Waals surface area contributed by atoms with Crippen LogP contribution in [0, 0.1) is 0 Å². The number of pyridine rings is 2. The Labute approximate surface area is 393 Å². The molecule has 4 aromatic heterocycles. The Morgan fingerprint density at radius 2 is 1.03 bits per heavy atom. The summed E-state index contributed by atoms with van der Waals surface area (Å²) in [6.45, 7) is 19.9. The molecule has 3 bridgehead atoms. The number of allylic oxidation sites excluding steroid dienone is 6. The number of hydrogen-bond donors (Lipinski definition) is 0. The van der Waals surface area contributed by atoms with Crippen LogP contribution in [0.15, 0.2) is 139 Å². The fraction of sp³-hybridized carbons (Fsp3) is 0.281. The highest BCUT2D eigenvalue weighted by Crippen LogP contribution is 2.63. The first kappa shape index (κ1) is 38.5. The van der Waals surface area contributed by atoms with Crippen molar-refractivity contribution in [1.82, 2.24) is 14.4 Å². The first-order valence-corrected chi connectivity index (χ1v) is 24.9. The maximum Gasteiger partial charge on any atom is 0.0836 e. The minimum atomic E-state index is -0.619. The smallest absolute Gasteiger partial charge is 0.0836 e. The summed E-state index contributed by atoms with van der Waals surface area (Å²) in [5.41, 5.74) is 24.8. The van der Waals surface area contributed by atoms with Gasteiger partial charge in [-0.15, -0.1) is 0 Å². The predicted octanol–water partition coefficient (Wildman–Crippen LogP) is 16.1. The average Bonchev–Trinajstić information content (AvgIpc) is 3.78. The van der Waals surface area contributed by atoms with Crippen molar-refractivity contribution >= 4 is 38.1 Å². The van der Waals surface area contributed by atoms with Gasteiger partial charge in [0.05, 0.1) is 50.7 Å². The van der Waals surface area contributed by atoms with Crippen LogP contribution in [0.1, 0.15) is 132 Å². The first-order chi connectivity index (χ1) is 32.2. The fourth-order valence-corrected chi connectivity index (χ4v) is 14.6. The number of benzene rings is 5. The van der Waals surface area contributed by atoms with E-state index in [9.17, 15) is 0 Å². The lowest BCUT2D eigenvalue weighted by Crippen LogP contribution is -2.38. The number of aromatic nitrogens is 3. The molecule has 326 valence electrons. The standard InChI is InChI=1S/C64H55N3/c1-60(2)29-31-62(5,6)57-51(60)48-44-33-43-40-24-12-11-22-38(40)36-20-9-10-21-37(36)39-23-13-14-25-41(39)47(43)49-50-52-58(63(7,8)32-30-61(52,3)4)66-59-56(50)67(54(44)49)55(48)53(65-57)46-35-19-17-18-28-64(59,34-35)45-27-16-15-26-42(45)46/h9-28,33-34,46H,29-32H2,1-8H3. The van der Waals surface area contributed by atoms with Crippen LogP contribution in [-0.2, 0) is 27.1 Å². The van der Waals surface area contributed by atoms with Crippen molar-refractivity contribution in [1.29, 1.82) is 0 Å². The Balaban J connectivity index is 1.32. The molecule has 2 unspecified atom stereocenters. The summed E-state index contributed by atoms with van der Waals surface area (Å²) in [4.78, 5) is 12.5. The molecule has 15 rings (SSSR count). The van der Waals surface area contributed by atoms with E-state index in [1.165, 1.54) is 128 Å². The van der Waals surface area contributed by atoms with E-state index in [-0.39, 0.29) is 27.6 Å². The van der Waals surface area contributed by atoms with Crippen molar-refractivity contribution < 1.29 is 0 Å². The molecule has 0 radical (unpaired) electrons. The molecule has 9 aromatic rings. The summed E-state index contributed by atoms with van der Waals surface area (Å²) in [6.07, 6.45) is 16.4. The van der Waals surface area contributed by atoms with Gasteiger partial charge in [-0.25, -0.2) is 0 Å². The van der Waals surface area contributed by atoms with Gasteiger partial charge in [0.2, 0.25) is 0 Å². The second-order valence-electron chi connectivity index (χ2n) is 23.7. The van der Waals surface area contributed by atoms with Gasteiger partial charge in [-0.05, 0) is 109 Å². The Hall–Kier alpha value is -6.58. The summed E-state index contributed by atoms with van der Waals surface area (Å²) in [5, 5.41) is 5.51. The zero-order chi connectivity index (χ0) is 45.3. The van der Waals surface area contributed by atoms with Crippen molar-refractivity contribution in [2.45, 2.75) is 114 Å². The molecule has 1 aliphatic heterocycles. The van der Waals surface area contributed by atoms with Gasteiger partial charge in [-0.2, -0.15) is 0 Å². The lowest BCUT2D eigenvalue weighted by Gasteiger charge is -2.43. The van der Waals surface area contributed by atoms with Gasteiger partial charge in [0.15, 0.2) is 0 Å². The Morgan fingerprint density at radius 1 is 0.493 bits per heavy atom. The Morgan fingerprint density at radius 3 is 1.69 bits per heavy atom. The van der Waals surface area contributed by atoms with E-state index in [1.807, 2.05) is 0 Å². The average molecular weight is 866 g/mol. The number of fused-ring (bicyclic) bond motifs is 17. The van der Waals surface area contributed by atoms with Gasteiger partial charge < -0.3 is 4.40 Å². The van der Waals surface area contributed by atoms with Crippen molar-refractivity contribution in [2.24, 2.45) is 0 Å². The van der Waals surface area contributed by atoms with Crippen LogP contribution in [0.4, 0.5) is 0 Å². The highest BCUT2D eigenvalue weighted by Gasteiger charge is 2.51. The molecule has 5 aliphatic carbocycles. The van der Waals surface area contributed by atoms with Crippen LogP contribution in [-0.4, -0.2) is 14.4 Å². The molecule has 0 saturated heterocycles. The van der Waals surface area contributed by atoms with E-state index in [2.05, 4.69) is 193 Å². The fourth-order valence-electron chi connectivity index (χ4n) is 14.6. The third-order valence-electron chi connectivity index (χ3n) is 18.0. The van der Waals surface area contributed by atoms with Gasteiger partial charge in [0.25, 0.3) is 0 Å².